The van der Waals surface area contributed by atoms with Crippen LogP contribution in [0.1, 0.15) is 25.3 Å². The number of ether oxygens (including phenoxy) is 1. The van der Waals surface area contributed by atoms with E-state index in [4.69, 9.17) is 10.00 Å². The molecule has 1 saturated heterocycles. The van der Waals surface area contributed by atoms with Crippen molar-refractivity contribution in [2.45, 2.75) is 25.9 Å². The Labute approximate surface area is 102 Å². The molecule has 1 fully saturated rings. The van der Waals surface area contributed by atoms with E-state index in [1.807, 2.05) is 12.1 Å². The highest BCUT2D eigenvalue weighted by molar-refractivity contribution is 5.34. The van der Waals surface area contributed by atoms with Crippen molar-refractivity contribution in [3.63, 3.8) is 0 Å². The summed E-state index contributed by atoms with van der Waals surface area (Å²) in [5.41, 5.74) is 0.671. The lowest BCUT2D eigenvalue weighted by Gasteiger charge is -2.28. The van der Waals surface area contributed by atoms with Crippen molar-refractivity contribution in [1.82, 2.24) is 5.32 Å². The number of hydrogen-bond acceptors (Lipinski definition) is 3. The Bertz CT molecular complexity index is 388. The summed E-state index contributed by atoms with van der Waals surface area (Å²) in [4.78, 5) is 0. The molecule has 17 heavy (non-hydrogen) atoms. The zero-order valence-corrected chi connectivity index (χ0v) is 10.1. The van der Waals surface area contributed by atoms with Gasteiger partial charge in [-0.05, 0) is 50.6 Å². The molecule has 0 aromatic heterocycles. The van der Waals surface area contributed by atoms with Crippen molar-refractivity contribution in [2.75, 3.05) is 13.1 Å². The number of benzene rings is 1. The highest BCUT2D eigenvalue weighted by atomic mass is 16.5. The summed E-state index contributed by atoms with van der Waals surface area (Å²) in [5.74, 6) is 1.43. The molecule has 2 rings (SSSR count). The van der Waals surface area contributed by atoms with Gasteiger partial charge in [0, 0.05) is 12.5 Å². The molecule has 1 aromatic carbocycles. The molecule has 1 aromatic rings. The van der Waals surface area contributed by atoms with Crippen molar-refractivity contribution in [2.24, 2.45) is 5.92 Å². The summed E-state index contributed by atoms with van der Waals surface area (Å²) in [5, 5.41) is 12.1. The summed E-state index contributed by atoms with van der Waals surface area (Å²) in [6.45, 7) is 4.29. The van der Waals surface area contributed by atoms with Crippen LogP contribution in [0, 0.1) is 17.2 Å². The quantitative estimate of drug-likeness (QED) is 0.866. The molecule has 0 radical (unpaired) electrons. The number of piperidine rings is 1. The second kappa shape index (κ2) is 5.70. The average molecular weight is 230 g/mol. The maximum absolute atomic E-state index is 8.72. The minimum Gasteiger partial charge on any atom is -0.490 e. The van der Waals surface area contributed by atoms with Gasteiger partial charge in [0.2, 0.25) is 0 Å². The van der Waals surface area contributed by atoms with E-state index in [1.54, 1.807) is 12.1 Å². The number of nitriles is 1. The Hall–Kier alpha value is -1.53. The van der Waals surface area contributed by atoms with E-state index in [0.29, 0.717) is 11.5 Å². The third kappa shape index (κ3) is 3.21. The summed E-state index contributed by atoms with van der Waals surface area (Å²) in [7, 11) is 0. The number of hydrogen-bond donors (Lipinski definition) is 1. The van der Waals surface area contributed by atoms with Gasteiger partial charge in [-0.2, -0.15) is 5.26 Å². The molecule has 0 amide bonds. The van der Waals surface area contributed by atoms with Crippen molar-refractivity contribution in [3.8, 4) is 11.8 Å². The van der Waals surface area contributed by atoms with Gasteiger partial charge >= 0.3 is 0 Å². The van der Waals surface area contributed by atoms with E-state index in [-0.39, 0.29) is 6.10 Å². The fraction of sp³-hybridized carbons (Fsp3) is 0.500. The largest absolute Gasteiger partial charge is 0.490 e. The molecule has 1 aliphatic heterocycles. The molecule has 3 heteroatoms. The van der Waals surface area contributed by atoms with Gasteiger partial charge in [-0.15, -0.1) is 0 Å². The fourth-order valence-electron chi connectivity index (χ4n) is 2.20. The van der Waals surface area contributed by atoms with Gasteiger partial charge in [0.05, 0.1) is 17.7 Å². The van der Waals surface area contributed by atoms with Crippen LogP contribution in [-0.4, -0.2) is 19.2 Å². The topological polar surface area (TPSA) is 45.0 Å². The average Bonchev–Trinajstić information content (AvgIpc) is 2.40. The van der Waals surface area contributed by atoms with Crippen LogP contribution in [0.3, 0.4) is 0 Å². The highest BCUT2D eigenvalue weighted by Crippen LogP contribution is 2.20. The molecule has 2 unspecified atom stereocenters. The lowest BCUT2D eigenvalue weighted by Crippen LogP contribution is -2.37. The monoisotopic (exact) mass is 230 g/mol. The molecule has 0 saturated carbocycles. The molecule has 3 nitrogen and oxygen atoms in total. The third-order valence-corrected chi connectivity index (χ3v) is 3.30. The van der Waals surface area contributed by atoms with Crippen molar-refractivity contribution in [3.05, 3.63) is 29.8 Å². The van der Waals surface area contributed by atoms with Gasteiger partial charge in [-0.25, -0.2) is 0 Å². The zero-order valence-electron chi connectivity index (χ0n) is 10.1. The molecule has 2 atom stereocenters. The minimum absolute atomic E-state index is 0.218. The van der Waals surface area contributed by atoms with E-state index >= 15 is 0 Å². The first-order valence-corrected chi connectivity index (χ1v) is 6.17. The van der Waals surface area contributed by atoms with Gasteiger partial charge < -0.3 is 10.1 Å². The van der Waals surface area contributed by atoms with Crippen molar-refractivity contribution >= 4 is 0 Å². The van der Waals surface area contributed by atoms with E-state index in [9.17, 15) is 0 Å². The molecular weight excluding hydrogens is 212 g/mol. The molecular formula is C14H18N2O. The molecule has 0 aliphatic carbocycles. The minimum atomic E-state index is 0.218. The predicted octanol–water partition coefficient (Wildman–Crippen LogP) is 2.33. The van der Waals surface area contributed by atoms with Crippen LogP contribution >= 0.6 is 0 Å². The van der Waals surface area contributed by atoms with Gasteiger partial charge in [0.25, 0.3) is 0 Å². The molecule has 1 aliphatic rings. The van der Waals surface area contributed by atoms with Crippen LogP contribution in [0.2, 0.25) is 0 Å². The number of nitrogens with one attached hydrogen (secondary N) is 1. The number of nitrogens with zero attached hydrogens (tertiary/aromatic N) is 1. The summed E-state index contributed by atoms with van der Waals surface area (Å²) in [6, 6.07) is 9.42. The van der Waals surface area contributed by atoms with Crippen LogP contribution in [0.4, 0.5) is 0 Å². The Morgan fingerprint density at radius 1 is 1.41 bits per heavy atom. The molecule has 90 valence electrons. The third-order valence-electron chi connectivity index (χ3n) is 3.30. The van der Waals surface area contributed by atoms with Gasteiger partial charge in [0.1, 0.15) is 5.75 Å². The van der Waals surface area contributed by atoms with Crippen LogP contribution in [0.5, 0.6) is 5.75 Å². The SMILES string of the molecule is CC(Oc1ccc(C#N)cc1)C1CCCNC1. The molecule has 0 spiro atoms. The Morgan fingerprint density at radius 3 is 2.76 bits per heavy atom. The van der Waals surface area contributed by atoms with Crippen LogP contribution in [0.25, 0.3) is 0 Å². The van der Waals surface area contributed by atoms with Gasteiger partial charge in [-0.1, -0.05) is 0 Å². The first-order chi connectivity index (χ1) is 8.29. The molecule has 1 heterocycles. The Kier molecular flexibility index (Phi) is 4.00. The zero-order chi connectivity index (χ0) is 12.1. The highest BCUT2D eigenvalue weighted by Gasteiger charge is 2.21. The summed E-state index contributed by atoms with van der Waals surface area (Å²) < 4.78 is 5.90. The second-order valence-electron chi connectivity index (χ2n) is 4.57. The standard InChI is InChI=1S/C14H18N2O/c1-11(13-3-2-8-16-10-13)17-14-6-4-12(9-15)5-7-14/h4-7,11,13,16H,2-3,8,10H2,1H3. The van der Waals surface area contributed by atoms with E-state index in [1.165, 1.54) is 12.8 Å². The molecule has 0 bridgehead atoms. The predicted molar refractivity (Wildman–Crippen MR) is 66.8 cm³/mol. The van der Waals surface area contributed by atoms with Crippen molar-refractivity contribution in [1.29, 1.82) is 5.26 Å². The van der Waals surface area contributed by atoms with Crippen molar-refractivity contribution < 1.29 is 4.74 Å². The van der Waals surface area contributed by atoms with Gasteiger partial charge in [-0.3, -0.25) is 0 Å². The maximum Gasteiger partial charge on any atom is 0.119 e. The smallest absolute Gasteiger partial charge is 0.119 e. The van der Waals surface area contributed by atoms with Gasteiger partial charge in [0.15, 0.2) is 0 Å². The van der Waals surface area contributed by atoms with Crippen LogP contribution in [-0.2, 0) is 0 Å². The first-order valence-electron chi connectivity index (χ1n) is 6.17. The van der Waals surface area contributed by atoms with Crippen LogP contribution in [0.15, 0.2) is 24.3 Å². The Balaban J connectivity index is 1.92. The fourth-order valence-corrected chi connectivity index (χ4v) is 2.20. The lowest BCUT2D eigenvalue weighted by atomic mass is 9.94. The lowest BCUT2D eigenvalue weighted by molar-refractivity contribution is 0.131. The summed E-state index contributed by atoms with van der Waals surface area (Å²) in [6.07, 6.45) is 2.67. The summed E-state index contributed by atoms with van der Waals surface area (Å²) >= 11 is 0. The van der Waals surface area contributed by atoms with E-state index in [0.717, 1.165) is 18.8 Å². The maximum atomic E-state index is 8.72. The normalized spacial score (nSPS) is 21.5. The Morgan fingerprint density at radius 2 is 2.18 bits per heavy atom. The van der Waals surface area contributed by atoms with E-state index in [2.05, 4.69) is 18.3 Å². The van der Waals surface area contributed by atoms with E-state index < -0.39 is 0 Å². The molecule has 1 N–H and O–H groups in total. The first kappa shape index (κ1) is 11.9. The second-order valence-corrected chi connectivity index (χ2v) is 4.57. The van der Waals surface area contributed by atoms with Crippen LogP contribution < -0.4 is 10.1 Å². The number of rotatable bonds is 3.